The van der Waals surface area contributed by atoms with Gasteiger partial charge in [0.05, 0.1) is 17.9 Å². The van der Waals surface area contributed by atoms with Gasteiger partial charge in [-0.05, 0) is 30.2 Å². The highest BCUT2D eigenvalue weighted by molar-refractivity contribution is 7.99. The number of hydrogen-bond acceptors (Lipinski definition) is 4. The number of benzene rings is 1. The third kappa shape index (κ3) is 3.32. The number of methoxy groups -OCH3 is 1. The second kappa shape index (κ2) is 6.76. The first kappa shape index (κ1) is 14.9. The normalized spacial score (nSPS) is 13.3. The smallest absolute Gasteiger partial charge is 0.335 e. The van der Waals surface area contributed by atoms with E-state index < -0.39 is 5.97 Å². The van der Waals surface area contributed by atoms with Crippen LogP contribution in [0.2, 0.25) is 0 Å². The first-order valence-electron chi connectivity index (χ1n) is 6.36. The molecule has 0 radical (unpaired) electrons. The zero-order valence-electron chi connectivity index (χ0n) is 11.3. The van der Waals surface area contributed by atoms with Gasteiger partial charge in [0.15, 0.2) is 0 Å². The third-order valence-corrected chi connectivity index (χ3v) is 4.09. The molecule has 1 aliphatic rings. The standard InChI is InChI=1S/C14H17NO4S/c1-19-6-7-20-9-13(16)15-5-4-10-8-11(14(17)18)2-3-12(10)15/h2-3,8H,4-7,9H2,1H3,(H,17,18). The first-order chi connectivity index (χ1) is 9.63. The van der Waals surface area contributed by atoms with Crippen molar-refractivity contribution in [1.29, 1.82) is 0 Å². The molecule has 1 N–H and O–H groups in total. The zero-order chi connectivity index (χ0) is 14.5. The number of rotatable bonds is 6. The van der Waals surface area contributed by atoms with Crippen molar-refractivity contribution in [3.8, 4) is 0 Å². The lowest BCUT2D eigenvalue weighted by Gasteiger charge is -2.17. The maximum absolute atomic E-state index is 12.1. The number of amides is 1. The predicted octanol–water partition coefficient (Wildman–Crippen LogP) is 1.65. The number of aromatic carboxylic acids is 1. The molecule has 2 rings (SSSR count). The van der Waals surface area contributed by atoms with Crippen LogP contribution < -0.4 is 4.90 Å². The Kier molecular flexibility index (Phi) is 5.03. The number of carboxylic acid groups (broad SMARTS) is 1. The highest BCUT2D eigenvalue weighted by atomic mass is 32.2. The fraction of sp³-hybridized carbons (Fsp3) is 0.429. The molecule has 1 aromatic carbocycles. The molecule has 0 atom stereocenters. The van der Waals surface area contributed by atoms with Crippen LogP contribution in [0, 0.1) is 0 Å². The molecule has 20 heavy (non-hydrogen) atoms. The van der Waals surface area contributed by atoms with E-state index in [1.54, 1.807) is 42.0 Å². The van der Waals surface area contributed by atoms with Crippen LogP contribution in [-0.4, -0.2) is 48.8 Å². The van der Waals surface area contributed by atoms with Gasteiger partial charge < -0.3 is 14.7 Å². The number of fused-ring (bicyclic) bond motifs is 1. The molecule has 1 aromatic rings. The highest BCUT2D eigenvalue weighted by Crippen LogP contribution is 2.29. The van der Waals surface area contributed by atoms with Crippen LogP contribution in [0.3, 0.4) is 0 Å². The number of anilines is 1. The number of ether oxygens (including phenoxy) is 1. The van der Waals surface area contributed by atoms with Crippen molar-refractivity contribution in [3.63, 3.8) is 0 Å². The number of thioether (sulfide) groups is 1. The molecule has 0 fully saturated rings. The van der Waals surface area contributed by atoms with Gasteiger partial charge in [0.1, 0.15) is 0 Å². The van der Waals surface area contributed by atoms with E-state index >= 15 is 0 Å². The molecule has 0 saturated carbocycles. The first-order valence-corrected chi connectivity index (χ1v) is 7.52. The van der Waals surface area contributed by atoms with Crippen molar-refractivity contribution in [1.82, 2.24) is 0 Å². The average Bonchev–Trinajstić information content (AvgIpc) is 2.86. The van der Waals surface area contributed by atoms with Crippen molar-refractivity contribution in [2.24, 2.45) is 0 Å². The summed E-state index contributed by atoms with van der Waals surface area (Å²) in [5, 5.41) is 8.96. The topological polar surface area (TPSA) is 66.8 Å². The average molecular weight is 295 g/mol. The molecule has 0 aromatic heterocycles. The summed E-state index contributed by atoms with van der Waals surface area (Å²) in [6, 6.07) is 4.93. The highest BCUT2D eigenvalue weighted by Gasteiger charge is 2.25. The van der Waals surface area contributed by atoms with Crippen LogP contribution in [0.15, 0.2) is 18.2 Å². The molecule has 6 heteroatoms. The van der Waals surface area contributed by atoms with E-state index in [2.05, 4.69) is 0 Å². The molecular weight excluding hydrogens is 278 g/mol. The van der Waals surface area contributed by atoms with Gasteiger partial charge in [0.25, 0.3) is 0 Å². The van der Waals surface area contributed by atoms with Gasteiger partial charge in [-0.3, -0.25) is 4.79 Å². The molecule has 0 aliphatic carbocycles. The Labute approximate surface area is 121 Å². The van der Waals surface area contributed by atoms with Crippen molar-refractivity contribution in [2.75, 3.05) is 36.7 Å². The minimum absolute atomic E-state index is 0.0629. The quantitative estimate of drug-likeness (QED) is 0.808. The fourth-order valence-electron chi connectivity index (χ4n) is 2.17. The van der Waals surface area contributed by atoms with Gasteiger partial charge in [-0.1, -0.05) is 0 Å². The molecular formula is C14H17NO4S. The number of carbonyl (C=O) groups excluding carboxylic acids is 1. The second-order valence-electron chi connectivity index (χ2n) is 4.49. The zero-order valence-corrected chi connectivity index (χ0v) is 12.1. The molecule has 108 valence electrons. The van der Waals surface area contributed by atoms with Gasteiger partial charge in [0.2, 0.25) is 5.91 Å². The van der Waals surface area contributed by atoms with Gasteiger partial charge >= 0.3 is 5.97 Å². The Balaban J connectivity index is 2.00. The maximum Gasteiger partial charge on any atom is 0.335 e. The lowest BCUT2D eigenvalue weighted by molar-refractivity contribution is -0.116. The predicted molar refractivity (Wildman–Crippen MR) is 78.7 cm³/mol. The van der Waals surface area contributed by atoms with E-state index in [0.29, 0.717) is 25.3 Å². The Bertz CT molecular complexity index is 518. The Morgan fingerprint density at radius 1 is 1.45 bits per heavy atom. The number of carbonyl (C=O) groups is 2. The van der Waals surface area contributed by atoms with Crippen LogP contribution in [0.4, 0.5) is 5.69 Å². The summed E-state index contributed by atoms with van der Waals surface area (Å²) in [5.74, 6) is 0.338. The Morgan fingerprint density at radius 3 is 2.95 bits per heavy atom. The van der Waals surface area contributed by atoms with Crippen LogP contribution >= 0.6 is 11.8 Å². The van der Waals surface area contributed by atoms with Crippen molar-refractivity contribution in [3.05, 3.63) is 29.3 Å². The number of carboxylic acids is 1. The fourth-order valence-corrected chi connectivity index (χ4v) is 2.93. The van der Waals surface area contributed by atoms with Crippen molar-refractivity contribution in [2.45, 2.75) is 6.42 Å². The molecule has 0 saturated heterocycles. The minimum atomic E-state index is -0.937. The van der Waals surface area contributed by atoms with E-state index in [4.69, 9.17) is 9.84 Å². The molecule has 0 unspecified atom stereocenters. The summed E-state index contributed by atoms with van der Waals surface area (Å²) in [6.07, 6.45) is 0.713. The van der Waals surface area contributed by atoms with Crippen molar-refractivity contribution < 1.29 is 19.4 Å². The van der Waals surface area contributed by atoms with Crippen LogP contribution in [0.5, 0.6) is 0 Å². The molecule has 1 aliphatic heterocycles. The summed E-state index contributed by atoms with van der Waals surface area (Å²) in [4.78, 5) is 24.8. The number of hydrogen-bond donors (Lipinski definition) is 1. The van der Waals surface area contributed by atoms with E-state index in [1.807, 2.05) is 0 Å². The Morgan fingerprint density at radius 2 is 2.25 bits per heavy atom. The molecule has 5 nitrogen and oxygen atoms in total. The molecule has 1 amide bonds. The second-order valence-corrected chi connectivity index (χ2v) is 5.59. The maximum atomic E-state index is 12.1. The van der Waals surface area contributed by atoms with Crippen molar-refractivity contribution >= 4 is 29.3 Å². The largest absolute Gasteiger partial charge is 0.478 e. The Hall–Kier alpha value is -1.53. The van der Waals surface area contributed by atoms with Gasteiger partial charge in [-0.15, -0.1) is 11.8 Å². The van der Waals surface area contributed by atoms with Gasteiger partial charge in [0, 0.05) is 25.1 Å². The van der Waals surface area contributed by atoms with E-state index in [9.17, 15) is 9.59 Å². The summed E-state index contributed by atoms with van der Waals surface area (Å²) < 4.78 is 4.94. The molecule has 0 bridgehead atoms. The van der Waals surface area contributed by atoms with Crippen LogP contribution in [-0.2, 0) is 16.0 Å². The summed E-state index contributed by atoms with van der Waals surface area (Å²) in [6.45, 7) is 1.26. The van der Waals surface area contributed by atoms with E-state index in [0.717, 1.165) is 17.0 Å². The van der Waals surface area contributed by atoms with Crippen LogP contribution in [0.1, 0.15) is 15.9 Å². The summed E-state index contributed by atoms with van der Waals surface area (Å²) in [5.41, 5.74) is 2.04. The molecule has 0 spiro atoms. The summed E-state index contributed by atoms with van der Waals surface area (Å²) >= 11 is 1.55. The van der Waals surface area contributed by atoms with Crippen LogP contribution in [0.25, 0.3) is 0 Å². The molecule has 1 heterocycles. The van der Waals surface area contributed by atoms with E-state index in [-0.39, 0.29) is 11.5 Å². The SMILES string of the molecule is COCCSCC(=O)N1CCc2cc(C(=O)O)ccc21. The lowest BCUT2D eigenvalue weighted by atomic mass is 10.1. The monoisotopic (exact) mass is 295 g/mol. The van der Waals surface area contributed by atoms with Gasteiger partial charge in [-0.2, -0.15) is 0 Å². The number of nitrogens with zero attached hydrogens (tertiary/aromatic N) is 1. The lowest BCUT2D eigenvalue weighted by Crippen LogP contribution is -2.30. The minimum Gasteiger partial charge on any atom is -0.478 e. The summed E-state index contributed by atoms with van der Waals surface area (Å²) in [7, 11) is 1.64. The third-order valence-electron chi connectivity index (χ3n) is 3.18. The van der Waals surface area contributed by atoms with Gasteiger partial charge in [-0.25, -0.2) is 4.79 Å². The van der Waals surface area contributed by atoms with E-state index in [1.165, 1.54) is 0 Å².